The molecule has 2 aromatic carbocycles. The van der Waals surface area contributed by atoms with Crippen LogP contribution in [0.3, 0.4) is 0 Å². The average Bonchev–Trinajstić information content (AvgIpc) is 2.96. The monoisotopic (exact) mass is 288 g/mol. The van der Waals surface area contributed by atoms with Crippen LogP contribution in [0.4, 0.5) is 0 Å². The molecule has 0 aromatic heterocycles. The summed E-state index contributed by atoms with van der Waals surface area (Å²) in [6.07, 6.45) is 0. The van der Waals surface area contributed by atoms with Gasteiger partial charge in [-0.2, -0.15) is 0 Å². The van der Waals surface area contributed by atoms with Gasteiger partial charge in [0.25, 0.3) is 6.02 Å². The Bertz CT molecular complexity index is 609. The van der Waals surface area contributed by atoms with Crippen molar-refractivity contribution in [1.29, 1.82) is 0 Å². The number of hydrogen-bond donors (Lipinski definition) is 1. The first-order chi connectivity index (χ1) is 9.79. The largest absolute Gasteiger partial charge is 0.457 e. The van der Waals surface area contributed by atoms with E-state index >= 15 is 0 Å². The Balaban J connectivity index is 1.65. The lowest BCUT2D eigenvalue weighted by molar-refractivity contribution is 0.479. The van der Waals surface area contributed by atoms with Crippen molar-refractivity contribution >= 4 is 17.6 Å². The molecule has 0 spiro atoms. The molecule has 0 aliphatic carbocycles. The topological polar surface area (TPSA) is 42.9 Å². The molecule has 1 aliphatic heterocycles. The van der Waals surface area contributed by atoms with Crippen LogP contribution in [0, 0.1) is 0 Å². The fourth-order valence-corrected chi connectivity index (χ4v) is 1.90. The molecule has 0 saturated carbocycles. The third kappa shape index (κ3) is 3.22. The van der Waals surface area contributed by atoms with E-state index in [1.54, 1.807) is 12.1 Å². The molecule has 5 heteroatoms. The van der Waals surface area contributed by atoms with Gasteiger partial charge in [0.2, 0.25) is 0 Å². The van der Waals surface area contributed by atoms with Crippen molar-refractivity contribution in [2.75, 3.05) is 13.1 Å². The van der Waals surface area contributed by atoms with Crippen LogP contribution in [-0.4, -0.2) is 19.1 Å². The number of nitrogens with one attached hydrogen (secondary N) is 1. The number of rotatable bonds is 3. The van der Waals surface area contributed by atoms with Gasteiger partial charge in [-0.1, -0.05) is 11.6 Å². The van der Waals surface area contributed by atoms with Gasteiger partial charge in [0.05, 0.1) is 6.54 Å². The lowest BCUT2D eigenvalue weighted by atomic mass is 10.3. The van der Waals surface area contributed by atoms with Crippen molar-refractivity contribution in [3.63, 3.8) is 0 Å². The van der Waals surface area contributed by atoms with Gasteiger partial charge in [-0.15, -0.1) is 0 Å². The number of halogens is 1. The molecule has 3 rings (SSSR count). The van der Waals surface area contributed by atoms with Crippen LogP contribution < -0.4 is 14.8 Å². The highest BCUT2D eigenvalue weighted by Gasteiger charge is 2.07. The Kier molecular flexibility index (Phi) is 3.74. The average molecular weight is 289 g/mol. The van der Waals surface area contributed by atoms with Crippen molar-refractivity contribution < 1.29 is 9.47 Å². The van der Waals surface area contributed by atoms with Crippen LogP contribution in [0.2, 0.25) is 5.02 Å². The van der Waals surface area contributed by atoms with Crippen LogP contribution in [0.15, 0.2) is 53.5 Å². The van der Waals surface area contributed by atoms with Crippen LogP contribution in [0.25, 0.3) is 0 Å². The first kappa shape index (κ1) is 12.8. The lowest BCUT2D eigenvalue weighted by Crippen LogP contribution is -2.23. The van der Waals surface area contributed by atoms with Crippen molar-refractivity contribution in [3.05, 3.63) is 53.6 Å². The van der Waals surface area contributed by atoms with Gasteiger partial charge in [0.15, 0.2) is 0 Å². The fourth-order valence-electron chi connectivity index (χ4n) is 1.77. The van der Waals surface area contributed by atoms with Crippen molar-refractivity contribution in [3.8, 4) is 17.2 Å². The van der Waals surface area contributed by atoms with E-state index in [0.717, 1.165) is 30.3 Å². The molecular weight excluding hydrogens is 276 g/mol. The minimum absolute atomic E-state index is 0.566. The molecule has 1 heterocycles. The van der Waals surface area contributed by atoms with Gasteiger partial charge in [-0.3, -0.25) is 0 Å². The van der Waals surface area contributed by atoms with E-state index in [0.29, 0.717) is 11.0 Å². The fraction of sp³-hybridized carbons (Fsp3) is 0.133. The molecule has 1 N–H and O–H groups in total. The first-order valence-corrected chi connectivity index (χ1v) is 6.67. The Labute approximate surface area is 122 Å². The Hall–Kier alpha value is -2.20. The second kappa shape index (κ2) is 5.84. The summed E-state index contributed by atoms with van der Waals surface area (Å²) in [5.41, 5.74) is 0. The van der Waals surface area contributed by atoms with E-state index in [9.17, 15) is 0 Å². The minimum atomic E-state index is 0.566. The van der Waals surface area contributed by atoms with Crippen LogP contribution >= 0.6 is 11.6 Å². The summed E-state index contributed by atoms with van der Waals surface area (Å²) in [5, 5.41) is 3.73. The van der Waals surface area contributed by atoms with E-state index in [2.05, 4.69) is 10.3 Å². The number of ether oxygens (including phenoxy) is 2. The van der Waals surface area contributed by atoms with Crippen LogP contribution in [-0.2, 0) is 0 Å². The normalized spacial score (nSPS) is 13.6. The molecule has 0 radical (unpaired) electrons. The van der Waals surface area contributed by atoms with Crippen molar-refractivity contribution in [2.45, 2.75) is 0 Å². The molecule has 0 amide bonds. The van der Waals surface area contributed by atoms with Gasteiger partial charge in [0.1, 0.15) is 17.2 Å². The summed E-state index contributed by atoms with van der Waals surface area (Å²) in [7, 11) is 0. The number of nitrogens with zero attached hydrogens (tertiary/aromatic N) is 1. The Morgan fingerprint density at radius 3 is 1.95 bits per heavy atom. The van der Waals surface area contributed by atoms with Crippen molar-refractivity contribution in [2.24, 2.45) is 4.99 Å². The standard InChI is InChI=1S/C15H13ClN2O2/c16-11-1-3-12(4-2-11)19-13-5-7-14(8-6-13)20-15-17-9-10-18-15/h1-8H,9-10H2,(H,17,18). The zero-order chi connectivity index (χ0) is 13.8. The SMILES string of the molecule is Clc1ccc(Oc2ccc(OC3=NCCN3)cc2)cc1. The molecule has 0 fully saturated rings. The maximum Gasteiger partial charge on any atom is 0.290 e. The zero-order valence-corrected chi connectivity index (χ0v) is 11.4. The van der Waals surface area contributed by atoms with Crippen LogP contribution in [0.1, 0.15) is 0 Å². The number of amidine groups is 1. The minimum Gasteiger partial charge on any atom is -0.457 e. The van der Waals surface area contributed by atoms with E-state index in [1.807, 2.05) is 36.4 Å². The van der Waals surface area contributed by atoms with Crippen molar-refractivity contribution in [1.82, 2.24) is 5.32 Å². The van der Waals surface area contributed by atoms with Gasteiger partial charge < -0.3 is 14.8 Å². The molecule has 0 unspecified atom stereocenters. The van der Waals surface area contributed by atoms with Gasteiger partial charge in [0, 0.05) is 11.6 Å². The first-order valence-electron chi connectivity index (χ1n) is 6.29. The van der Waals surface area contributed by atoms with Gasteiger partial charge in [-0.25, -0.2) is 4.99 Å². The highest BCUT2D eigenvalue weighted by molar-refractivity contribution is 6.30. The number of aliphatic imine (C=N–C) groups is 1. The summed E-state index contributed by atoms with van der Waals surface area (Å²) in [4.78, 5) is 4.17. The van der Waals surface area contributed by atoms with E-state index in [-0.39, 0.29) is 0 Å². The highest BCUT2D eigenvalue weighted by atomic mass is 35.5. The molecule has 2 aromatic rings. The number of hydrogen-bond acceptors (Lipinski definition) is 4. The second-order valence-electron chi connectivity index (χ2n) is 4.24. The molecule has 4 nitrogen and oxygen atoms in total. The maximum atomic E-state index is 5.83. The number of benzene rings is 2. The van der Waals surface area contributed by atoms with E-state index in [4.69, 9.17) is 21.1 Å². The summed E-state index contributed by atoms with van der Waals surface area (Å²) >= 11 is 5.83. The maximum absolute atomic E-state index is 5.83. The lowest BCUT2D eigenvalue weighted by Gasteiger charge is -2.08. The highest BCUT2D eigenvalue weighted by Crippen LogP contribution is 2.25. The molecule has 20 heavy (non-hydrogen) atoms. The third-order valence-corrected chi connectivity index (χ3v) is 2.98. The summed E-state index contributed by atoms with van der Waals surface area (Å²) in [6, 6.07) is 15.2. The van der Waals surface area contributed by atoms with E-state index < -0.39 is 0 Å². The van der Waals surface area contributed by atoms with Crippen LogP contribution in [0.5, 0.6) is 17.2 Å². The Morgan fingerprint density at radius 1 is 0.850 bits per heavy atom. The third-order valence-electron chi connectivity index (χ3n) is 2.73. The molecule has 0 saturated heterocycles. The summed E-state index contributed by atoms with van der Waals surface area (Å²) in [5.74, 6) is 2.20. The Morgan fingerprint density at radius 2 is 1.40 bits per heavy atom. The second-order valence-corrected chi connectivity index (χ2v) is 4.68. The van der Waals surface area contributed by atoms with Gasteiger partial charge in [-0.05, 0) is 48.5 Å². The molecular formula is C15H13ClN2O2. The molecule has 0 bridgehead atoms. The van der Waals surface area contributed by atoms with E-state index in [1.165, 1.54) is 0 Å². The quantitative estimate of drug-likeness (QED) is 0.940. The molecule has 0 atom stereocenters. The zero-order valence-electron chi connectivity index (χ0n) is 10.7. The molecule has 102 valence electrons. The predicted octanol–water partition coefficient (Wildman–Crippen LogP) is 3.47. The summed E-state index contributed by atoms with van der Waals surface area (Å²) < 4.78 is 11.3. The predicted molar refractivity (Wildman–Crippen MR) is 78.9 cm³/mol. The molecule has 1 aliphatic rings. The summed E-state index contributed by atoms with van der Waals surface area (Å²) in [6.45, 7) is 1.58. The van der Waals surface area contributed by atoms with Gasteiger partial charge >= 0.3 is 0 Å². The smallest absolute Gasteiger partial charge is 0.290 e.